The van der Waals surface area contributed by atoms with E-state index in [1.165, 1.54) is 12.2 Å². The Hall–Kier alpha value is -1.05. The van der Waals surface area contributed by atoms with Gasteiger partial charge in [-0.05, 0) is 6.42 Å². The molecule has 0 aliphatic heterocycles. The Morgan fingerprint density at radius 1 is 1.67 bits per heavy atom. The van der Waals surface area contributed by atoms with E-state index in [-0.39, 0.29) is 0 Å². The zero-order valence-corrected chi connectivity index (χ0v) is 5.17. The highest BCUT2D eigenvalue weighted by atomic mass is 16.4. The van der Waals surface area contributed by atoms with Gasteiger partial charge in [-0.2, -0.15) is 0 Å². The number of carbonyl (C=O) groups excluding carboxylic acids is 1. The highest BCUT2D eigenvalue weighted by molar-refractivity contribution is 5.69. The molecular weight excluding hydrogens is 116 g/mol. The van der Waals surface area contributed by atoms with E-state index in [2.05, 4.69) is 13.2 Å². The maximum Gasteiger partial charge on any atom is 0.0486 e. The minimum atomic E-state index is -1.09. The van der Waals surface area contributed by atoms with E-state index in [0.29, 0.717) is 6.42 Å². The van der Waals surface area contributed by atoms with E-state index in [0.717, 1.165) is 0 Å². The molecule has 0 bridgehead atoms. The molecule has 0 N–H and O–H groups in total. The summed E-state index contributed by atoms with van der Waals surface area (Å²) in [6.07, 6.45) is 3.27. The summed E-state index contributed by atoms with van der Waals surface area (Å²) < 4.78 is 0. The Morgan fingerprint density at radius 2 is 2.22 bits per heavy atom. The predicted octanol–water partition coefficient (Wildman–Crippen LogP) is 0.115. The molecule has 0 aliphatic carbocycles. The number of carboxylic acid groups (broad SMARTS) is 1. The van der Waals surface area contributed by atoms with Crippen LogP contribution >= 0.6 is 0 Å². The van der Waals surface area contributed by atoms with Gasteiger partial charge in [0.05, 0.1) is 0 Å². The average Bonchev–Trinajstić information content (AvgIpc) is 1.82. The summed E-state index contributed by atoms with van der Waals surface area (Å²) in [4.78, 5) is 10.1. The van der Waals surface area contributed by atoms with Gasteiger partial charge in [-0.1, -0.05) is 12.2 Å². The topological polar surface area (TPSA) is 40.1 Å². The first-order valence-corrected chi connectivity index (χ1v) is 2.66. The lowest BCUT2D eigenvalue weighted by Crippen LogP contribution is -2.29. The van der Waals surface area contributed by atoms with Crippen LogP contribution in [0.4, 0.5) is 0 Å². The fourth-order valence-electron chi connectivity index (χ4n) is 0.468. The summed E-state index contributed by atoms with van der Waals surface area (Å²) in [6.45, 7) is 6.72. The molecule has 0 saturated heterocycles. The number of hydrogen-bond donors (Lipinski definition) is 0. The van der Waals surface area contributed by atoms with Crippen LogP contribution in [0, 0.1) is 5.92 Å². The van der Waals surface area contributed by atoms with Gasteiger partial charge in [0.15, 0.2) is 0 Å². The Balaban J connectivity index is 3.81. The molecule has 0 aliphatic rings. The van der Waals surface area contributed by atoms with Crippen LogP contribution in [-0.4, -0.2) is 5.97 Å². The summed E-state index contributed by atoms with van der Waals surface area (Å²) in [5.74, 6) is -1.67. The zero-order chi connectivity index (χ0) is 7.28. The van der Waals surface area contributed by atoms with Crippen LogP contribution in [0.1, 0.15) is 6.42 Å². The van der Waals surface area contributed by atoms with E-state index in [1.807, 2.05) is 0 Å². The van der Waals surface area contributed by atoms with Gasteiger partial charge in [-0.25, -0.2) is 0 Å². The third-order valence-corrected chi connectivity index (χ3v) is 1.01. The van der Waals surface area contributed by atoms with Crippen molar-refractivity contribution in [3.8, 4) is 0 Å². The normalized spacial score (nSPS) is 12.0. The van der Waals surface area contributed by atoms with Gasteiger partial charge < -0.3 is 9.90 Å². The lowest BCUT2D eigenvalue weighted by atomic mass is 10.1. The third kappa shape index (κ3) is 2.69. The Kier molecular flexibility index (Phi) is 3.44. The molecule has 0 radical (unpaired) electrons. The lowest BCUT2D eigenvalue weighted by Gasteiger charge is -2.09. The molecule has 0 rings (SSSR count). The van der Waals surface area contributed by atoms with Crippen molar-refractivity contribution in [3.63, 3.8) is 0 Å². The fourth-order valence-corrected chi connectivity index (χ4v) is 0.468. The maximum atomic E-state index is 10.1. The molecule has 0 saturated carbocycles. The minimum Gasteiger partial charge on any atom is -0.550 e. The van der Waals surface area contributed by atoms with E-state index in [4.69, 9.17) is 0 Å². The van der Waals surface area contributed by atoms with Crippen LogP contribution in [0.3, 0.4) is 0 Å². The molecule has 0 fully saturated rings. The molecule has 0 heterocycles. The SMILES string of the molecule is C=CCC(C=C)C(=O)[O-]. The van der Waals surface area contributed by atoms with E-state index < -0.39 is 11.9 Å². The molecule has 50 valence electrons. The molecule has 0 aromatic heterocycles. The summed E-state index contributed by atoms with van der Waals surface area (Å²) in [6, 6.07) is 0. The van der Waals surface area contributed by atoms with Crippen LogP contribution in [0.25, 0.3) is 0 Å². The molecule has 2 nitrogen and oxygen atoms in total. The second-order valence-electron chi connectivity index (χ2n) is 1.69. The van der Waals surface area contributed by atoms with Crippen LogP contribution in [-0.2, 0) is 4.79 Å². The van der Waals surface area contributed by atoms with Gasteiger partial charge in [-0.3, -0.25) is 0 Å². The summed E-state index contributed by atoms with van der Waals surface area (Å²) in [7, 11) is 0. The van der Waals surface area contributed by atoms with Gasteiger partial charge in [0.25, 0.3) is 0 Å². The molecule has 9 heavy (non-hydrogen) atoms. The summed E-state index contributed by atoms with van der Waals surface area (Å²) in [5, 5.41) is 10.1. The van der Waals surface area contributed by atoms with Crippen LogP contribution in [0.15, 0.2) is 25.3 Å². The smallest absolute Gasteiger partial charge is 0.0486 e. The predicted molar refractivity (Wildman–Crippen MR) is 33.5 cm³/mol. The number of hydrogen-bond acceptors (Lipinski definition) is 2. The van der Waals surface area contributed by atoms with Gasteiger partial charge in [0.1, 0.15) is 0 Å². The molecule has 0 aromatic carbocycles. The Labute approximate surface area is 54.5 Å². The molecule has 1 atom stereocenters. The van der Waals surface area contributed by atoms with Crippen molar-refractivity contribution in [2.45, 2.75) is 6.42 Å². The first-order chi connectivity index (χ1) is 4.22. The van der Waals surface area contributed by atoms with Gasteiger partial charge >= 0.3 is 0 Å². The maximum absolute atomic E-state index is 10.1. The van der Waals surface area contributed by atoms with Crippen molar-refractivity contribution >= 4 is 5.97 Å². The average molecular weight is 125 g/mol. The number of carboxylic acids is 1. The van der Waals surface area contributed by atoms with Crippen LogP contribution in [0.5, 0.6) is 0 Å². The number of rotatable bonds is 4. The highest BCUT2D eigenvalue weighted by Crippen LogP contribution is 2.01. The standard InChI is InChI=1S/C7H10O2/c1-3-5-6(4-2)7(8)9/h3-4,6H,1-2,5H2,(H,8,9)/p-1. The largest absolute Gasteiger partial charge is 0.550 e. The van der Waals surface area contributed by atoms with Crippen molar-refractivity contribution in [1.29, 1.82) is 0 Å². The highest BCUT2D eigenvalue weighted by Gasteiger charge is 1.99. The van der Waals surface area contributed by atoms with Crippen LogP contribution in [0.2, 0.25) is 0 Å². The number of aliphatic carboxylic acids is 1. The molecule has 2 heteroatoms. The second-order valence-corrected chi connectivity index (χ2v) is 1.69. The minimum absolute atomic E-state index is 0.395. The number of allylic oxidation sites excluding steroid dienone is 1. The first kappa shape index (κ1) is 7.95. The van der Waals surface area contributed by atoms with E-state index in [1.54, 1.807) is 0 Å². The summed E-state index contributed by atoms with van der Waals surface area (Å²) >= 11 is 0. The van der Waals surface area contributed by atoms with Gasteiger partial charge in [0, 0.05) is 11.9 Å². The van der Waals surface area contributed by atoms with E-state index >= 15 is 0 Å². The third-order valence-electron chi connectivity index (χ3n) is 1.01. The van der Waals surface area contributed by atoms with Crippen molar-refractivity contribution in [1.82, 2.24) is 0 Å². The molecule has 0 amide bonds. The Morgan fingerprint density at radius 3 is 2.33 bits per heavy atom. The van der Waals surface area contributed by atoms with Crippen molar-refractivity contribution < 1.29 is 9.90 Å². The molecule has 0 aromatic rings. The fraction of sp³-hybridized carbons (Fsp3) is 0.286. The first-order valence-electron chi connectivity index (χ1n) is 2.66. The summed E-state index contributed by atoms with van der Waals surface area (Å²) in [5.41, 5.74) is 0. The van der Waals surface area contributed by atoms with Crippen LogP contribution < -0.4 is 5.11 Å². The Bertz CT molecular complexity index is 127. The second kappa shape index (κ2) is 3.89. The quantitative estimate of drug-likeness (QED) is 0.500. The van der Waals surface area contributed by atoms with Crippen molar-refractivity contribution in [3.05, 3.63) is 25.3 Å². The van der Waals surface area contributed by atoms with Crippen molar-refractivity contribution in [2.24, 2.45) is 5.92 Å². The van der Waals surface area contributed by atoms with E-state index in [9.17, 15) is 9.90 Å². The van der Waals surface area contributed by atoms with Gasteiger partial charge in [0.2, 0.25) is 0 Å². The molecule has 1 unspecified atom stereocenters. The van der Waals surface area contributed by atoms with Crippen molar-refractivity contribution in [2.75, 3.05) is 0 Å². The van der Waals surface area contributed by atoms with Gasteiger partial charge in [-0.15, -0.1) is 13.2 Å². The molecular formula is C7H9O2-. The molecule has 0 spiro atoms. The lowest BCUT2D eigenvalue weighted by molar-refractivity contribution is -0.309. The zero-order valence-electron chi connectivity index (χ0n) is 5.17. The monoisotopic (exact) mass is 125 g/mol. The number of carbonyl (C=O) groups is 1.